The Labute approximate surface area is 118 Å². The number of aryl methyl sites for hydroxylation is 1. The van der Waals surface area contributed by atoms with Crippen molar-refractivity contribution in [1.29, 1.82) is 0 Å². The number of benzene rings is 1. The van der Waals surface area contributed by atoms with Gasteiger partial charge in [-0.25, -0.2) is 9.18 Å². The number of nitrogens with one attached hydrogen (secondary N) is 2. The molecule has 0 fully saturated rings. The summed E-state index contributed by atoms with van der Waals surface area (Å²) in [5.41, 5.74) is -0.706. The van der Waals surface area contributed by atoms with Crippen LogP contribution < -0.4 is 10.9 Å². The third-order valence-electron chi connectivity index (χ3n) is 2.76. The predicted molar refractivity (Wildman–Crippen MR) is 73.1 cm³/mol. The molecule has 6 nitrogen and oxygen atoms in total. The van der Waals surface area contributed by atoms with E-state index in [1.165, 1.54) is 12.1 Å². The van der Waals surface area contributed by atoms with E-state index >= 15 is 0 Å². The number of halogens is 1. The third kappa shape index (κ3) is 3.14. The fourth-order valence-corrected chi connectivity index (χ4v) is 1.69. The van der Waals surface area contributed by atoms with Gasteiger partial charge in [0.1, 0.15) is 11.4 Å². The van der Waals surface area contributed by atoms with Crippen LogP contribution in [0.5, 0.6) is 0 Å². The van der Waals surface area contributed by atoms with Crippen molar-refractivity contribution in [3.05, 3.63) is 63.3 Å². The molecule has 0 unspecified atom stereocenters. The highest BCUT2D eigenvalue weighted by Gasteiger charge is 2.14. The van der Waals surface area contributed by atoms with E-state index in [0.717, 1.165) is 18.2 Å². The van der Waals surface area contributed by atoms with E-state index in [4.69, 9.17) is 5.11 Å². The highest BCUT2D eigenvalue weighted by molar-refractivity contribution is 6.04. The van der Waals surface area contributed by atoms with E-state index in [9.17, 15) is 18.8 Å². The van der Waals surface area contributed by atoms with Crippen molar-refractivity contribution >= 4 is 17.6 Å². The summed E-state index contributed by atoms with van der Waals surface area (Å²) in [6, 6.07) is 5.82. The second-order valence-electron chi connectivity index (χ2n) is 4.34. The van der Waals surface area contributed by atoms with E-state index in [2.05, 4.69) is 10.3 Å². The molecule has 1 aromatic heterocycles. The van der Waals surface area contributed by atoms with Crippen molar-refractivity contribution in [2.24, 2.45) is 0 Å². The maximum absolute atomic E-state index is 13.6. The second-order valence-corrected chi connectivity index (χ2v) is 4.34. The van der Waals surface area contributed by atoms with Gasteiger partial charge in [-0.2, -0.15) is 0 Å². The van der Waals surface area contributed by atoms with Crippen LogP contribution in [0.25, 0.3) is 0 Å². The van der Waals surface area contributed by atoms with Gasteiger partial charge < -0.3 is 15.4 Å². The van der Waals surface area contributed by atoms with Crippen molar-refractivity contribution in [2.45, 2.75) is 6.92 Å². The van der Waals surface area contributed by atoms with Crippen LogP contribution in [0.15, 0.2) is 35.1 Å². The van der Waals surface area contributed by atoms with Gasteiger partial charge in [0.15, 0.2) is 0 Å². The highest BCUT2D eigenvalue weighted by Crippen LogP contribution is 2.17. The summed E-state index contributed by atoms with van der Waals surface area (Å²) in [5, 5.41) is 11.0. The maximum Gasteiger partial charge on any atom is 0.335 e. The molecule has 0 spiro atoms. The molecule has 0 aliphatic heterocycles. The summed E-state index contributed by atoms with van der Waals surface area (Å²) in [6.07, 6.45) is 0. The first kappa shape index (κ1) is 14.4. The van der Waals surface area contributed by atoms with Crippen LogP contribution >= 0.6 is 0 Å². The lowest BCUT2D eigenvalue weighted by atomic mass is 10.2. The summed E-state index contributed by atoms with van der Waals surface area (Å²) >= 11 is 0. The van der Waals surface area contributed by atoms with Crippen molar-refractivity contribution in [3.8, 4) is 0 Å². The number of anilines is 1. The number of H-pyrrole nitrogens is 1. The molecule has 2 rings (SSSR count). The topological polar surface area (TPSA) is 99.3 Å². The number of pyridine rings is 1. The van der Waals surface area contributed by atoms with Gasteiger partial charge in [-0.05, 0) is 37.3 Å². The Morgan fingerprint density at radius 3 is 2.57 bits per heavy atom. The molecule has 1 aromatic carbocycles. The Bertz CT molecular complexity index is 783. The van der Waals surface area contributed by atoms with E-state index in [0.29, 0.717) is 5.69 Å². The third-order valence-corrected chi connectivity index (χ3v) is 2.76. The molecule has 21 heavy (non-hydrogen) atoms. The summed E-state index contributed by atoms with van der Waals surface area (Å²) in [4.78, 5) is 36.8. The van der Waals surface area contributed by atoms with Gasteiger partial charge in [-0.1, -0.05) is 0 Å². The zero-order valence-corrected chi connectivity index (χ0v) is 10.9. The monoisotopic (exact) mass is 290 g/mol. The molecule has 0 aliphatic rings. The molecule has 1 heterocycles. The Morgan fingerprint density at radius 2 is 1.95 bits per heavy atom. The van der Waals surface area contributed by atoms with Crippen LogP contribution in [0.2, 0.25) is 0 Å². The van der Waals surface area contributed by atoms with Crippen molar-refractivity contribution in [1.82, 2.24) is 4.98 Å². The first-order chi connectivity index (χ1) is 9.88. The summed E-state index contributed by atoms with van der Waals surface area (Å²) in [5.74, 6) is -2.87. The fourth-order valence-electron chi connectivity index (χ4n) is 1.69. The minimum Gasteiger partial charge on any atom is -0.478 e. The number of hydrogen-bond donors (Lipinski definition) is 3. The van der Waals surface area contributed by atoms with Crippen molar-refractivity contribution in [3.63, 3.8) is 0 Å². The minimum absolute atomic E-state index is 0.176. The lowest BCUT2D eigenvalue weighted by Gasteiger charge is -2.07. The molecule has 0 radical (unpaired) electrons. The largest absolute Gasteiger partial charge is 0.478 e. The number of carboxylic acid groups (broad SMARTS) is 1. The SMILES string of the molecule is Cc1ccc(C(=O)Nc2cc(C(=O)O)ccc2F)c(=O)[nH]1. The Hall–Kier alpha value is -2.96. The molecule has 0 bridgehead atoms. The summed E-state index contributed by atoms with van der Waals surface area (Å²) in [7, 11) is 0. The number of aromatic carboxylic acids is 1. The molecular weight excluding hydrogens is 279 g/mol. The fraction of sp³-hybridized carbons (Fsp3) is 0.0714. The Balaban J connectivity index is 2.33. The van der Waals surface area contributed by atoms with Crippen LogP contribution in [0.4, 0.5) is 10.1 Å². The Morgan fingerprint density at radius 1 is 1.24 bits per heavy atom. The molecule has 7 heteroatoms. The lowest BCUT2D eigenvalue weighted by Crippen LogP contribution is -2.23. The number of hydrogen-bond acceptors (Lipinski definition) is 3. The number of aromatic nitrogens is 1. The zero-order chi connectivity index (χ0) is 15.6. The van der Waals surface area contributed by atoms with Gasteiger partial charge in [0.05, 0.1) is 11.3 Å². The molecule has 0 aliphatic carbocycles. The maximum atomic E-state index is 13.6. The first-order valence-corrected chi connectivity index (χ1v) is 5.92. The van der Waals surface area contributed by atoms with E-state index in [1.807, 2.05) is 0 Å². The number of aromatic amines is 1. The van der Waals surface area contributed by atoms with Crippen LogP contribution in [-0.2, 0) is 0 Å². The molecule has 2 aromatic rings. The lowest BCUT2D eigenvalue weighted by molar-refractivity contribution is 0.0696. The average molecular weight is 290 g/mol. The molecule has 108 valence electrons. The van der Waals surface area contributed by atoms with Crippen molar-refractivity contribution in [2.75, 3.05) is 5.32 Å². The van der Waals surface area contributed by atoms with E-state index in [1.54, 1.807) is 6.92 Å². The van der Waals surface area contributed by atoms with Gasteiger partial charge in [0, 0.05) is 5.69 Å². The van der Waals surface area contributed by atoms with Gasteiger partial charge >= 0.3 is 5.97 Å². The minimum atomic E-state index is -1.25. The van der Waals surface area contributed by atoms with Crippen LogP contribution in [0.3, 0.4) is 0 Å². The predicted octanol–water partition coefficient (Wildman–Crippen LogP) is 1.77. The summed E-state index contributed by atoms with van der Waals surface area (Å²) < 4.78 is 13.6. The van der Waals surface area contributed by atoms with Crippen LogP contribution in [-0.4, -0.2) is 22.0 Å². The molecule has 1 amide bonds. The quantitative estimate of drug-likeness (QED) is 0.802. The van der Waals surface area contributed by atoms with Gasteiger partial charge in [0.2, 0.25) is 0 Å². The standard InChI is InChI=1S/C14H11FN2O4/c1-7-2-4-9(12(18)16-7)13(19)17-11-6-8(14(20)21)3-5-10(11)15/h2-6H,1H3,(H,16,18)(H,17,19)(H,20,21). The van der Waals surface area contributed by atoms with E-state index < -0.39 is 23.3 Å². The number of carbonyl (C=O) groups is 2. The van der Waals surface area contributed by atoms with Gasteiger partial charge in [0.25, 0.3) is 11.5 Å². The molecule has 0 saturated carbocycles. The second kappa shape index (κ2) is 5.58. The number of carbonyl (C=O) groups excluding carboxylic acids is 1. The number of amides is 1. The normalized spacial score (nSPS) is 10.2. The Kier molecular flexibility index (Phi) is 3.84. The molecule has 0 saturated heterocycles. The molecule has 0 atom stereocenters. The number of rotatable bonds is 3. The van der Waals surface area contributed by atoms with Gasteiger partial charge in [-0.15, -0.1) is 0 Å². The molecule has 3 N–H and O–H groups in total. The van der Waals surface area contributed by atoms with E-state index in [-0.39, 0.29) is 16.8 Å². The number of carboxylic acids is 1. The van der Waals surface area contributed by atoms with Crippen LogP contribution in [0.1, 0.15) is 26.4 Å². The van der Waals surface area contributed by atoms with Gasteiger partial charge in [-0.3, -0.25) is 9.59 Å². The zero-order valence-electron chi connectivity index (χ0n) is 10.9. The average Bonchev–Trinajstić information content (AvgIpc) is 2.40. The smallest absolute Gasteiger partial charge is 0.335 e. The highest BCUT2D eigenvalue weighted by atomic mass is 19.1. The summed E-state index contributed by atoms with van der Waals surface area (Å²) in [6.45, 7) is 1.65. The molecular formula is C14H11FN2O4. The van der Waals surface area contributed by atoms with Crippen molar-refractivity contribution < 1.29 is 19.1 Å². The van der Waals surface area contributed by atoms with Crippen LogP contribution in [0, 0.1) is 12.7 Å². The first-order valence-electron chi connectivity index (χ1n) is 5.92.